The number of benzene rings is 1. The van der Waals surface area contributed by atoms with Crippen LogP contribution in [0.25, 0.3) is 0 Å². The zero-order valence-electron chi connectivity index (χ0n) is 9.61. The molecular weight excluding hydrogens is 184 g/mol. The maximum Gasteiger partial charge on any atom is 0.0597 e. The van der Waals surface area contributed by atoms with Gasteiger partial charge in [0.2, 0.25) is 0 Å². The topological polar surface area (TPSA) is 15.3 Å². The van der Waals surface area contributed by atoms with E-state index in [9.17, 15) is 0 Å². The molecule has 1 saturated heterocycles. The summed E-state index contributed by atoms with van der Waals surface area (Å²) in [6.45, 7) is 1.13. The Balaban J connectivity index is 2.05. The molecule has 0 aliphatic carbocycles. The van der Waals surface area contributed by atoms with Crippen molar-refractivity contribution in [3.63, 3.8) is 0 Å². The van der Waals surface area contributed by atoms with Gasteiger partial charge in [-0.3, -0.25) is 4.90 Å². The second kappa shape index (κ2) is 4.77. The fourth-order valence-corrected chi connectivity index (χ4v) is 2.32. The van der Waals surface area contributed by atoms with Gasteiger partial charge in [0, 0.05) is 0 Å². The van der Waals surface area contributed by atoms with Crippen LogP contribution in [0, 0.1) is 0 Å². The van der Waals surface area contributed by atoms with Crippen LogP contribution in [0.5, 0.6) is 0 Å². The summed E-state index contributed by atoms with van der Waals surface area (Å²) < 4.78 is 0. The van der Waals surface area contributed by atoms with Gasteiger partial charge in [-0.25, -0.2) is 0 Å². The van der Waals surface area contributed by atoms with Crippen LogP contribution in [0.3, 0.4) is 0 Å². The van der Waals surface area contributed by atoms with Crippen molar-refractivity contribution in [2.24, 2.45) is 0 Å². The van der Waals surface area contributed by atoms with E-state index in [4.69, 9.17) is 0 Å². The Morgan fingerprint density at radius 3 is 2.60 bits per heavy atom. The molecule has 1 heterocycles. The lowest BCUT2D eigenvalue weighted by atomic mass is 9.88. The molecule has 2 heteroatoms. The van der Waals surface area contributed by atoms with Crippen molar-refractivity contribution in [2.75, 3.05) is 20.6 Å². The average Bonchev–Trinajstić information content (AvgIpc) is 2.30. The van der Waals surface area contributed by atoms with E-state index >= 15 is 0 Å². The summed E-state index contributed by atoms with van der Waals surface area (Å²) >= 11 is 0. The van der Waals surface area contributed by atoms with Gasteiger partial charge in [0.1, 0.15) is 0 Å². The van der Waals surface area contributed by atoms with Gasteiger partial charge in [-0.05, 0) is 45.0 Å². The first-order valence-corrected chi connectivity index (χ1v) is 5.72. The third kappa shape index (κ3) is 2.58. The molecule has 2 unspecified atom stereocenters. The molecular formula is C13H20N2. The maximum atomic E-state index is 3.54. The van der Waals surface area contributed by atoms with Gasteiger partial charge in [0.25, 0.3) is 0 Å². The van der Waals surface area contributed by atoms with E-state index in [-0.39, 0.29) is 0 Å². The van der Waals surface area contributed by atoms with Crippen molar-refractivity contribution in [2.45, 2.75) is 24.9 Å². The van der Waals surface area contributed by atoms with Crippen molar-refractivity contribution < 1.29 is 0 Å². The highest BCUT2D eigenvalue weighted by Gasteiger charge is 2.23. The molecule has 0 saturated carbocycles. The van der Waals surface area contributed by atoms with Crippen molar-refractivity contribution >= 4 is 0 Å². The predicted octanol–water partition coefficient (Wildman–Crippen LogP) is 2.04. The quantitative estimate of drug-likeness (QED) is 0.793. The molecule has 1 aliphatic heterocycles. The van der Waals surface area contributed by atoms with Gasteiger partial charge in [-0.1, -0.05) is 30.3 Å². The lowest BCUT2D eigenvalue weighted by Gasteiger charge is -2.34. The summed E-state index contributed by atoms with van der Waals surface area (Å²) in [7, 11) is 4.29. The van der Waals surface area contributed by atoms with Gasteiger partial charge in [-0.2, -0.15) is 0 Å². The van der Waals surface area contributed by atoms with E-state index in [0.29, 0.717) is 6.17 Å². The molecule has 15 heavy (non-hydrogen) atoms. The number of hydrogen-bond donors (Lipinski definition) is 1. The third-order valence-corrected chi connectivity index (χ3v) is 3.27. The molecule has 0 amide bonds. The predicted molar refractivity (Wildman–Crippen MR) is 63.9 cm³/mol. The van der Waals surface area contributed by atoms with Gasteiger partial charge in [0.15, 0.2) is 0 Å². The molecule has 2 rings (SSSR count). The monoisotopic (exact) mass is 204 g/mol. The summed E-state index contributed by atoms with van der Waals surface area (Å²) in [5.41, 5.74) is 1.49. The van der Waals surface area contributed by atoms with Gasteiger partial charge < -0.3 is 5.32 Å². The van der Waals surface area contributed by atoms with Crippen LogP contribution in [0.4, 0.5) is 0 Å². The number of nitrogens with one attached hydrogen (secondary N) is 1. The Kier molecular flexibility index (Phi) is 3.39. The van der Waals surface area contributed by atoms with E-state index in [1.807, 2.05) is 0 Å². The number of hydrogen-bond acceptors (Lipinski definition) is 2. The molecule has 1 fully saturated rings. The lowest BCUT2D eigenvalue weighted by molar-refractivity contribution is 0.190. The van der Waals surface area contributed by atoms with Crippen LogP contribution in [0.2, 0.25) is 0 Å². The van der Waals surface area contributed by atoms with Crippen LogP contribution in [-0.4, -0.2) is 31.7 Å². The minimum absolute atomic E-state index is 0.531. The average molecular weight is 204 g/mol. The van der Waals surface area contributed by atoms with Gasteiger partial charge in [-0.15, -0.1) is 0 Å². The highest BCUT2D eigenvalue weighted by molar-refractivity contribution is 5.20. The zero-order valence-corrected chi connectivity index (χ0v) is 9.61. The summed E-state index contributed by atoms with van der Waals surface area (Å²) in [5, 5.41) is 3.54. The Morgan fingerprint density at radius 2 is 1.93 bits per heavy atom. The molecule has 0 bridgehead atoms. The number of nitrogens with zero attached hydrogens (tertiary/aromatic N) is 1. The SMILES string of the molecule is CN(C)C1CC(c2ccccc2)CCN1. The smallest absolute Gasteiger partial charge is 0.0597 e. The van der Waals surface area contributed by atoms with Crippen molar-refractivity contribution in [1.29, 1.82) is 0 Å². The summed E-state index contributed by atoms with van der Waals surface area (Å²) in [5.74, 6) is 0.722. The Labute approximate surface area is 92.3 Å². The first kappa shape index (κ1) is 10.7. The molecule has 0 aromatic heterocycles. The van der Waals surface area contributed by atoms with E-state index in [1.54, 1.807) is 0 Å². The minimum Gasteiger partial charge on any atom is -0.302 e. The second-order valence-corrected chi connectivity index (χ2v) is 4.57. The highest BCUT2D eigenvalue weighted by atomic mass is 15.2. The van der Waals surface area contributed by atoms with Gasteiger partial charge >= 0.3 is 0 Å². The maximum absolute atomic E-state index is 3.54. The highest BCUT2D eigenvalue weighted by Crippen LogP contribution is 2.27. The van der Waals surface area contributed by atoms with Crippen LogP contribution in [-0.2, 0) is 0 Å². The van der Waals surface area contributed by atoms with Crippen LogP contribution < -0.4 is 5.32 Å². The van der Waals surface area contributed by atoms with E-state index < -0.39 is 0 Å². The van der Waals surface area contributed by atoms with E-state index in [1.165, 1.54) is 18.4 Å². The summed E-state index contributed by atoms with van der Waals surface area (Å²) in [6.07, 6.45) is 3.01. The zero-order chi connectivity index (χ0) is 10.7. The fraction of sp³-hybridized carbons (Fsp3) is 0.538. The van der Waals surface area contributed by atoms with Crippen molar-refractivity contribution in [1.82, 2.24) is 10.2 Å². The molecule has 1 N–H and O–H groups in total. The number of rotatable bonds is 2. The van der Waals surface area contributed by atoms with E-state index in [0.717, 1.165) is 12.5 Å². The molecule has 2 atom stereocenters. The standard InChI is InChI=1S/C13H20N2/c1-15(2)13-10-12(8-9-14-13)11-6-4-3-5-7-11/h3-7,12-14H,8-10H2,1-2H3. The van der Waals surface area contributed by atoms with Crippen LogP contribution in [0.15, 0.2) is 30.3 Å². The lowest BCUT2D eigenvalue weighted by Crippen LogP contribution is -2.46. The molecule has 0 radical (unpaired) electrons. The molecule has 2 nitrogen and oxygen atoms in total. The van der Waals surface area contributed by atoms with Crippen molar-refractivity contribution in [3.05, 3.63) is 35.9 Å². The molecule has 82 valence electrons. The van der Waals surface area contributed by atoms with Crippen molar-refractivity contribution in [3.8, 4) is 0 Å². The molecule has 1 aromatic carbocycles. The van der Waals surface area contributed by atoms with E-state index in [2.05, 4.69) is 54.6 Å². The van der Waals surface area contributed by atoms with Crippen LogP contribution >= 0.6 is 0 Å². The Morgan fingerprint density at radius 1 is 1.20 bits per heavy atom. The normalized spacial score (nSPS) is 26.9. The second-order valence-electron chi connectivity index (χ2n) is 4.57. The Bertz CT molecular complexity index is 295. The Hall–Kier alpha value is -0.860. The molecule has 1 aromatic rings. The number of piperidine rings is 1. The first-order valence-electron chi connectivity index (χ1n) is 5.72. The molecule has 1 aliphatic rings. The first-order chi connectivity index (χ1) is 7.27. The minimum atomic E-state index is 0.531. The third-order valence-electron chi connectivity index (χ3n) is 3.27. The van der Waals surface area contributed by atoms with Crippen LogP contribution in [0.1, 0.15) is 24.3 Å². The van der Waals surface area contributed by atoms with Gasteiger partial charge in [0.05, 0.1) is 6.17 Å². The largest absolute Gasteiger partial charge is 0.302 e. The summed E-state index contributed by atoms with van der Waals surface area (Å²) in [4.78, 5) is 2.27. The summed E-state index contributed by atoms with van der Waals surface area (Å²) in [6, 6.07) is 10.9. The molecule has 0 spiro atoms. The fourth-order valence-electron chi connectivity index (χ4n) is 2.32.